The standard InChI is InChI=1S/C24H33N3O4S/c1-18(2)14-27-21(13-25-24(27)32(29,30)17-19-7-4-3-5-8-19)15-26(23(28)20-10-11-20)16-22-9-6-12-31-22/h3-5,7-8,13,18,20,22H,6,9-12,14-17H2,1-2H3. The molecule has 1 amide bonds. The van der Waals surface area contributed by atoms with E-state index in [1.54, 1.807) is 10.8 Å². The summed E-state index contributed by atoms with van der Waals surface area (Å²) in [5, 5.41) is 0.0843. The van der Waals surface area contributed by atoms with Crippen LogP contribution in [-0.2, 0) is 38.2 Å². The van der Waals surface area contributed by atoms with Gasteiger partial charge in [-0.1, -0.05) is 44.2 Å². The zero-order valence-electron chi connectivity index (χ0n) is 18.9. The largest absolute Gasteiger partial charge is 0.376 e. The summed E-state index contributed by atoms with van der Waals surface area (Å²) >= 11 is 0. The number of nitrogens with zero attached hydrogens (tertiary/aromatic N) is 3. The number of imidazole rings is 1. The Kier molecular flexibility index (Phi) is 7.00. The summed E-state index contributed by atoms with van der Waals surface area (Å²) in [7, 11) is -3.63. The van der Waals surface area contributed by atoms with Crippen molar-refractivity contribution in [2.75, 3.05) is 13.2 Å². The summed E-state index contributed by atoms with van der Waals surface area (Å²) in [6.45, 7) is 6.28. The van der Waals surface area contributed by atoms with Crippen molar-refractivity contribution in [3.8, 4) is 0 Å². The van der Waals surface area contributed by atoms with Crippen LogP contribution in [0.3, 0.4) is 0 Å². The molecular weight excluding hydrogens is 426 g/mol. The number of aromatic nitrogens is 2. The Morgan fingerprint density at radius 2 is 1.97 bits per heavy atom. The van der Waals surface area contributed by atoms with Gasteiger partial charge >= 0.3 is 0 Å². The molecule has 2 aliphatic rings. The van der Waals surface area contributed by atoms with Crippen LogP contribution < -0.4 is 0 Å². The second-order valence-electron chi connectivity index (χ2n) is 9.41. The minimum Gasteiger partial charge on any atom is -0.376 e. The van der Waals surface area contributed by atoms with Gasteiger partial charge in [0.2, 0.25) is 20.9 Å². The van der Waals surface area contributed by atoms with Crippen molar-refractivity contribution in [2.45, 2.75) is 69.6 Å². The predicted molar refractivity (Wildman–Crippen MR) is 122 cm³/mol. The average Bonchev–Trinajstić information content (AvgIpc) is 3.33. The summed E-state index contributed by atoms with van der Waals surface area (Å²) in [6, 6.07) is 9.16. The summed E-state index contributed by atoms with van der Waals surface area (Å²) < 4.78 is 34.1. The van der Waals surface area contributed by atoms with Gasteiger partial charge in [0, 0.05) is 25.6 Å². The van der Waals surface area contributed by atoms with Crippen molar-refractivity contribution in [3.63, 3.8) is 0 Å². The highest BCUT2D eigenvalue weighted by Crippen LogP contribution is 2.32. The van der Waals surface area contributed by atoms with Crippen LogP contribution in [0.4, 0.5) is 0 Å². The van der Waals surface area contributed by atoms with E-state index in [2.05, 4.69) is 18.8 Å². The fourth-order valence-corrected chi connectivity index (χ4v) is 5.74. The van der Waals surface area contributed by atoms with E-state index in [1.807, 2.05) is 35.2 Å². The smallest absolute Gasteiger partial charge is 0.228 e. The number of ether oxygens (including phenoxy) is 1. The summed E-state index contributed by atoms with van der Waals surface area (Å²) in [4.78, 5) is 19.2. The Bertz CT molecular complexity index is 1020. The highest BCUT2D eigenvalue weighted by atomic mass is 32.2. The van der Waals surface area contributed by atoms with E-state index in [1.165, 1.54) is 0 Å². The summed E-state index contributed by atoms with van der Waals surface area (Å²) in [5.74, 6) is 0.383. The molecule has 2 aromatic rings. The second kappa shape index (κ2) is 9.75. The van der Waals surface area contributed by atoms with Crippen molar-refractivity contribution in [2.24, 2.45) is 11.8 Å². The third-order valence-corrected chi connectivity index (χ3v) is 7.56. The van der Waals surface area contributed by atoms with Crippen molar-refractivity contribution >= 4 is 15.7 Å². The molecule has 1 aliphatic carbocycles. The van der Waals surface area contributed by atoms with Gasteiger partial charge in [-0.15, -0.1) is 0 Å². The van der Waals surface area contributed by atoms with Crippen molar-refractivity contribution in [1.82, 2.24) is 14.5 Å². The van der Waals surface area contributed by atoms with Gasteiger partial charge in [-0.05, 0) is 37.2 Å². The third kappa shape index (κ3) is 5.59. The van der Waals surface area contributed by atoms with Gasteiger partial charge in [0.15, 0.2) is 0 Å². The minimum absolute atomic E-state index is 0.0560. The molecule has 1 saturated heterocycles. The van der Waals surface area contributed by atoms with Crippen molar-refractivity contribution in [1.29, 1.82) is 0 Å². The fraction of sp³-hybridized carbons (Fsp3) is 0.583. The lowest BCUT2D eigenvalue weighted by Gasteiger charge is -2.26. The molecule has 174 valence electrons. The van der Waals surface area contributed by atoms with Crippen LogP contribution in [0.5, 0.6) is 0 Å². The number of carbonyl (C=O) groups excluding carboxylic acids is 1. The van der Waals surface area contributed by atoms with E-state index in [0.717, 1.165) is 43.5 Å². The zero-order chi connectivity index (χ0) is 22.7. The number of sulfone groups is 1. The lowest BCUT2D eigenvalue weighted by molar-refractivity contribution is -0.134. The monoisotopic (exact) mass is 459 g/mol. The Morgan fingerprint density at radius 3 is 2.59 bits per heavy atom. The molecule has 7 nitrogen and oxygen atoms in total. The number of amides is 1. The van der Waals surface area contributed by atoms with E-state index in [-0.39, 0.29) is 34.8 Å². The van der Waals surface area contributed by atoms with E-state index in [4.69, 9.17) is 4.74 Å². The first-order valence-electron chi connectivity index (χ1n) is 11.5. The molecule has 1 atom stereocenters. The third-order valence-electron chi connectivity index (χ3n) is 5.97. The Balaban J connectivity index is 1.60. The molecular formula is C24H33N3O4S. The first-order chi connectivity index (χ1) is 15.3. The molecule has 1 aromatic carbocycles. The van der Waals surface area contributed by atoms with Crippen LogP contribution in [0.2, 0.25) is 0 Å². The molecule has 2 fully saturated rings. The average molecular weight is 460 g/mol. The molecule has 0 spiro atoms. The maximum absolute atomic E-state index is 13.2. The van der Waals surface area contributed by atoms with Crippen LogP contribution in [0.1, 0.15) is 50.8 Å². The van der Waals surface area contributed by atoms with Crippen LogP contribution in [0.25, 0.3) is 0 Å². The maximum atomic E-state index is 13.2. The molecule has 1 saturated carbocycles. The van der Waals surface area contributed by atoms with Gasteiger partial charge in [-0.3, -0.25) is 4.79 Å². The Hall–Kier alpha value is -2.19. The normalized spacial score (nSPS) is 18.9. The first kappa shape index (κ1) is 23.0. The number of rotatable bonds is 10. The van der Waals surface area contributed by atoms with Gasteiger partial charge < -0.3 is 14.2 Å². The molecule has 1 unspecified atom stereocenters. The SMILES string of the molecule is CC(C)Cn1c(CN(CC2CCCO2)C(=O)C2CC2)cnc1S(=O)(=O)Cc1ccccc1. The number of hydrogen-bond donors (Lipinski definition) is 0. The molecule has 4 rings (SSSR count). The zero-order valence-corrected chi connectivity index (χ0v) is 19.8. The van der Waals surface area contributed by atoms with Gasteiger partial charge in [-0.25, -0.2) is 13.4 Å². The predicted octanol–water partition coefficient (Wildman–Crippen LogP) is 3.43. The molecule has 2 heterocycles. The van der Waals surface area contributed by atoms with Gasteiger partial charge in [0.25, 0.3) is 0 Å². The molecule has 0 N–H and O–H groups in total. The molecule has 32 heavy (non-hydrogen) atoms. The maximum Gasteiger partial charge on any atom is 0.228 e. The van der Waals surface area contributed by atoms with Gasteiger partial charge in [0.1, 0.15) is 0 Å². The first-order valence-corrected chi connectivity index (χ1v) is 13.2. The van der Waals surface area contributed by atoms with Crippen LogP contribution in [0, 0.1) is 11.8 Å². The number of carbonyl (C=O) groups is 1. The second-order valence-corrected chi connectivity index (χ2v) is 11.3. The van der Waals surface area contributed by atoms with Crippen molar-refractivity contribution < 1.29 is 17.9 Å². The minimum atomic E-state index is -3.63. The lowest BCUT2D eigenvalue weighted by Crippen LogP contribution is -2.38. The summed E-state index contributed by atoms with van der Waals surface area (Å²) in [5.41, 5.74) is 1.49. The Morgan fingerprint density at radius 1 is 1.22 bits per heavy atom. The molecule has 8 heteroatoms. The molecule has 0 radical (unpaired) electrons. The van der Waals surface area contributed by atoms with Crippen LogP contribution in [-0.4, -0.2) is 48.0 Å². The van der Waals surface area contributed by atoms with E-state index >= 15 is 0 Å². The van der Waals surface area contributed by atoms with E-state index in [9.17, 15) is 13.2 Å². The topological polar surface area (TPSA) is 81.5 Å². The highest BCUT2D eigenvalue weighted by molar-refractivity contribution is 7.90. The number of hydrogen-bond acceptors (Lipinski definition) is 5. The summed E-state index contributed by atoms with van der Waals surface area (Å²) in [6.07, 6.45) is 5.52. The fourth-order valence-electron chi connectivity index (χ4n) is 4.24. The molecule has 1 aliphatic heterocycles. The van der Waals surface area contributed by atoms with Crippen molar-refractivity contribution in [3.05, 3.63) is 47.8 Å². The molecule has 0 bridgehead atoms. The molecule has 1 aromatic heterocycles. The Labute approximate surface area is 190 Å². The van der Waals surface area contributed by atoms with Gasteiger partial charge in [-0.2, -0.15) is 0 Å². The van der Waals surface area contributed by atoms with Gasteiger partial charge in [0.05, 0.1) is 30.3 Å². The number of benzene rings is 1. The highest BCUT2D eigenvalue weighted by Gasteiger charge is 2.36. The van der Waals surface area contributed by atoms with E-state index in [0.29, 0.717) is 19.6 Å². The lowest BCUT2D eigenvalue weighted by atomic mass is 10.2. The van der Waals surface area contributed by atoms with E-state index < -0.39 is 9.84 Å². The van der Waals surface area contributed by atoms with Crippen LogP contribution in [0.15, 0.2) is 41.7 Å². The van der Waals surface area contributed by atoms with Crippen LogP contribution >= 0.6 is 0 Å². The quantitative estimate of drug-likeness (QED) is 0.544.